The van der Waals surface area contributed by atoms with Crippen LogP contribution >= 0.6 is 0 Å². The maximum Gasteiger partial charge on any atom is 0.408 e. The standard InChI is InChI=1S/C37H46N4O5/c1-24(25-14-18-30(19-15-25)41(5)35(44)45)33(42)39-29-22-31(26-10-7-6-8-11-26)32(38-23-29)27-12-16-28(17-13-27)37(20-9-21-37)40-34(43)46-36(2,3)4/h6-8,10-13,16-17,22-25,30H,9,14-15,18-21H2,1-5H3,(H,39,42)(H,40,43)(H,44,45). The first kappa shape index (κ1) is 33.0. The lowest BCUT2D eigenvalue weighted by atomic mass is 9.71. The van der Waals surface area contributed by atoms with Crippen LogP contribution in [0.15, 0.2) is 66.9 Å². The van der Waals surface area contributed by atoms with Crippen LogP contribution in [-0.2, 0) is 15.1 Å². The number of anilines is 1. The molecule has 3 amide bonds. The molecule has 2 aliphatic rings. The minimum absolute atomic E-state index is 0.00347. The third-order valence-electron chi connectivity index (χ3n) is 9.61. The minimum Gasteiger partial charge on any atom is -0.465 e. The predicted molar refractivity (Wildman–Crippen MR) is 179 cm³/mol. The molecule has 2 fully saturated rings. The van der Waals surface area contributed by atoms with Crippen molar-refractivity contribution >= 4 is 23.8 Å². The van der Waals surface area contributed by atoms with Crippen molar-refractivity contribution in [3.05, 3.63) is 72.4 Å². The molecule has 9 nitrogen and oxygen atoms in total. The molecule has 1 atom stereocenters. The SMILES string of the molecule is CC(C(=O)Nc1cnc(-c2ccc(C3(NC(=O)OC(C)(C)C)CCC3)cc2)c(-c2ccccc2)c1)C1CCC(N(C)C(=O)O)CC1. The van der Waals surface area contributed by atoms with Crippen LogP contribution in [-0.4, -0.2) is 51.8 Å². The maximum absolute atomic E-state index is 13.4. The second kappa shape index (κ2) is 13.5. The zero-order valence-electron chi connectivity index (χ0n) is 27.5. The third kappa shape index (κ3) is 7.52. The summed E-state index contributed by atoms with van der Waals surface area (Å²) in [5, 5.41) is 15.5. The number of carbonyl (C=O) groups excluding carboxylic acids is 2. The van der Waals surface area contributed by atoms with Gasteiger partial charge in [-0.1, -0.05) is 61.5 Å². The van der Waals surface area contributed by atoms with E-state index in [0.717, 1.165) is 72.9 Å². The average molecular weight is 627 g/mol. The Morgan fingerprint density at radius 3 is 2.20 bits per heavy atom. The van der Waals surface area contributed by atoms with Crippen LogP contribution in [0.2, 0.25) is 0 Å². The molecule has 2 saturated carbocycles. The summed E-state index contributed by atoms with van der Waals surface area (Å²) >= 11 is 0. The number of ether oxygens (including phenoxy) is 1. The first-order valence-corrected chi connectivity index (χ1v) is 16.3. The molecule has 0 spiro atoms. The van der Waals surface area contributed by atoms with Gasteiger partial charge in [-0.25, -0.2) is 9.59 Å². The fourth-order valence-corrected chi connectivity index (χ4v) is 6.68. The predicted octanol–water partition coefficient (Wildman–Crippen LogP) is 8.06. The van der Waals surface area contributed by atoms with E-state index in [1.54, 1.807) is 13.2 Å². The maximum atomic E-state index is 13.4. The summed E-state index contributed by atoms with van der Waals surface area (Å²) < 4.78 is 5.55. The van der Waals surface area contributed by atoms with Gasteiger partial charge in [0.15, 0.2) is 0 Å². The minimum atomic E-state index is -0.909. The summed E-state index contributed by atoms with van der Waals surface area (Å²) in [7, 11) is 1.62. The van der Waals surface area contributed by atoms with Gasteiger partial charge in [-0.15, -0.1) is 0 Å². The molecule has 9 heteroatoms. The van der Waals surface area contributed by atoms with Gasteiger partial charge >= 0.3 is 12.2 Å². The molecule has 0 radical (unpaired) electrons. The van der Waals surface area contributed by atoms with Gasteiger partial charge in [0.05, 0.1) is 23.1 Å². The van der Waals surface area contributed by atoms with Crippen molar-refractivity contribution in [1.29, 1.82) is 0 Å². The highest BCUT2D eigenvalue weighted by Gasteiger charge is 2.41. The van der Waals surface area contributed by atoms with Crippen molar-refractivity contribution in [3.63, 3.8) is 0 Å². The molecule has 244 valence electrons. The van der Waals surface area contributed by atoms with Crippen LogP contribution < -0.4 is 10.6 Å². The van der Waals surface area contributed by atoms with Gasteiger partial charge in [0, 0.05) is 30.1 Å². The monoisotopic (exact) mass is 626 g/mol. The van der Waals surface area contributed by atoms with Crippen molar-refractivity contribution in [2.75, 3.05) is 12.4 Å². The fraction of sp³-hybridized carbons (Fsp3) is 0.459. The molecule has 0 bridgehead atoms. The number of nitrogens with one attached hydrogen (secondary N) is 2. The molecule has 1 heterocycles. The van der Waals surface area contributed by atoms with E-state index in [2.05, 4.69) is 22.8 Å². The lowest BCUT2D eigenvalue weighted by molar-refractivity contribution is -0.121. The Kier molecular flexibility index (Phi) is 9.70. The molecule has 0 aliphatic heterocycles. The summed E-state index contributed by atoms with van der Waals surface area (Å²) in [5.41, 5.74) is 4.29. The molecule has 1 aromatic heterocycles. The topological polar surface area (TPSA) is 121 Å². The van der Waals surface area contributed by atoms with Crippen LogP contribution in [0.5, 0.6) is 0 Å². The number of aromatic nitrogens is 1. The average Bonchev–Trinajstić information content (AvgIpc) is 3.02. The van der Waals surface area contributed by atoms with E-state index in [0.29, 0.717) is 5.69 Å². The highest BCUT2D eigenvalue weighted by molar-refractivity contribution is 5.94. The lowest BCUT2D eigenvalue weighted by Crippen LogP contribution is -2.52. The quantitative estimate of drug-likeness (QED) is 0.233. The molecule has 2 aliphatic carbocycles. The number of hydrogen-bond acceptors (Lipinski definition) is 5. The highest BCUT2D eigenvalue weighted by Crippen LogP contribution is 2.42. The smallest absolute Gasteiger partial charge is 0.408 e. The van der Waals surface area contributed by atoms with Crippen molar-refractivity contribution < 1.29 is 24.2 Å². The van der Waals surface area contributed by atoms with Crippen LogP contribution in [0, 0.1) is 11.8 Å². The second-order valence-electron chi connectivity index (χ2n) is 13.9. The van der Waals surface area contributed by atoms with Crippen LogP contribution in [0.25, 0.3) is 22.4 Å². The first-order valence-electron chi connectivity index (χ1n) is 16.3. The van der Waals surface area contributed by atoms with Crippen molar-refractivity contribution in [2.24, 2.45) is 11.8 Å². The number of amides is 3. The molecule has 2 aromatic carbocycles. The second-order valence-corrected chi connectivity index (χ2v) is 13.9. The zero-order chi connectivity index (χ0) is 33.1. The summed E-state index contributed by atoms with van der Waals surface area (Å²) in [5.74, 6) is -0.0746. The number of carbonyl (C=O) groups is 3. The molecular weight excluding hydrogens is 580 g/mol. The Morgan fingerprint density at radius 1 is 0.978 bits per heavy atom. The summed E-state index contributed by atoms with van der Waals surface area (Å²) in [6, 6.07) is 20.2. The van der Waals surface area contributed by atoms with E-state index in [-0.39, 0.29) is 23.8 Å². The highest BCUT2D eigenvalue weighted by atomic mass is 16.6. The van der Waals surface area contributed by atoms with Gasteiger partial charge in [-0.3, -0.25) is 9.78 Å². The van der Waals surface area contributed by atoms with Gasteiger partial charge in [0.25, 0.3) is 0 Å². The van der Waals surface area contributed by atoms with E-state index in [4.69, 9.17) is 9.72 Å². The third-order valence-corrected chi connectivity index (χ3v) is 9.61. The fourth-order valence-electron chi connectivity index (χ4n) is 6.68. The summed E-state index contributed by atoms with van der Waals surface area (Å²) in [6.07, 6.45) is 6.28. The van der Waals surface area contributed by atoms with Gasteiger partial charge in [0.1, 0.15) is 5.60 Å². The van der Waals surface area contributed by atoms with Crippen LogP contribution in [0.4, 0.5) is 15.3 Å². The molecule has 3 aromatic rings. The number of alkyl carbamates (subject to hydrolysis) is 1. The van der Waals surface area contributed by atoms with Gasteiger partial charge in [-0.2, -0.15) is 0 Å². The van der Waals surface area contributed by atoms with Gasteiger partial charge < -0.3 is 25.4 Å². The van der Waals surface area contributed by atoms with E-state index < -0.39 is 23.3 Å². The molecule has 46 heavy (non-hydrogen) atoms. The number of hydrogen-bond donors (Lipinski definition) is 3. The molecule has 1 unspecified atom stereocenters. The van der Waals surface area contributed by atoms with Gasteiger partial charge in [0.2, 0.25) is 5.91 Å². The number of pyridine rings is 1. The normalized spacial score (nSPS) is 19.7. The van der Waals surface area contributed by atoms with Gasteiger partial charge in [-0.05, 0) is 88.8 Å². The van der Waals surface area contributed by atoms with Crippen LogP contribution in [0.3, 0.4) is 0 Å². The number of benzene rings is 2. The van der Waals surface area contributed by atoms with Crippen molar-refractivity contribution in [3.8, 4) is 22.4 Å². The van der Waals surface area contributed by atoms with Crippen LogP contribution in [0.1, 0.15) is 78.2 Å². The Balaban J connectivity index is 1.33. The Labute approximate surface area is 271 Å². The van der Waals surface area contributed by atoms with Crippen molar-refractivity contribution in [1.82, 2.24) is 15.2 Å². The lowest BCUT2D eigenvalue weighted by Gasteiger charge is -2.43. The van der Waals surface area contributed by atoms with E-state index in [1.807, 2.05) is 76.2 Å². The number of nitrogens with zero attached hydrogens (tertiary/aromatic N) is 2. The van der Waals surface area contributed by atoms with E-state index in [1.165, 1.54) is 4.90 Å². The zero-order valence-corrected chi connectivity index (χ0v) is 27.5. The first-order chi connectivity index (χ1) is 21.8. The molecule has 0 saturated heterocycles. The number of carboxylic acid groups (broad SMARTS) is 1. The number of rotatable bonds is 8. The van der Waals surface area contributed by atoms with E-state index >= 15 is 0 Å². The van der Waals surface area contributed by atoms with E-state index in [9.17, 15) is 19.5 Å². The summed E-state index contributed by atoms with van der Waals surface area (Å²) in [6.45, 7) is 7.54. The Hall–Kier alpha value is -4.40. The Bertz CT molecular complexity index is 1540. The van der Waals surface area contributed by atoms with Crippen molar-refractivity contribution in [2.45, 2.75) is 89.8 Å². The molecular formula is C37H46N4O5. The Morgan fingerprint density at radius 2 is 1.63 bits per heavy atom. The molecule has 3 N–H and O–H groups in total. The summed E-state index contributed by atoms with van der Waals surface area (Å²) in [4.78, 5) is 43.6. The molecule has 5 rings (SSSR count). The largest absolute Gasteiger partial charge is 0.465 e.